The Morgan fingerprint density at radius 3 is 2.77 bits per heavy atom. The van der Waals surface area contributed by atoms with Gasteiger partial charge in [-0.2, -0.15) is 5.10 Å². The molecule has 1 aromatic carbocycles. The van der Waals surface area contributed by atoms with Crippen LogP contribution in [0, 0.1) is 5.92 Å². The molecule has 3 N–H and O–H groups in total. The molecule has 6 nitrogen and oxygen atoms in total. The number of amides is 1. The number of hydrogen-bond acceptors (Lipinski definition) is 4. The smallest absolute Gasteiger partial charge is 0.269 e. The lowest BCUT2D eigenvalue weighted by Gasteiger charge is -2.58. The van der Waals surface area contributed by atoms with Gasteiger partial charge in [0, 0.05) is 30.0 Å². The lowest BCUT2D eigenvalue weighted by Crippen LogP contribution is -2.63. The summed E-state index contributed by atoms with van der Waals surface area (Å²) in [4.78, 5) is 13.8. The summed E-state index contributed by atoms with van der Waals surface area (Å²) < 4.78 is 5.37. The van der Waals surface area contributed by atoms with Crippen LogP contribution in [-0.4, -0.2) is 52.8 Å². The van der Waals surface area contributed by atoms with Gasteiger partial charge in [-0.25, -0.2) is 0 Å². The lowest BCUT2D eigenvalue weighted by atomic mass is 9.62. The van der Waals surface area contributed by atoms with E-state index in [0.717, 1.165) is 42.0 Å². The number of aromatic amines is 1. The van der Waals surface area contributed by atoms with E-state index in [1.165, 1.54) is 44.3 Å². The van der Waals surface area contributed by atoms with Crippen molar-refractivity contribution in [3.8, 4) is 0 Å². The lowest BCUT2D eigenvalue weighted by molar-refractivity contribution is -0.0659. The normalized spacial score (nSPS) is 32.2. The number of rotatable bonds is 2. The highest BCUT2D eigenvalue weighted by molar-refractivity contribution is 6.03. The van der Waals surface area contributed by atoms with E-state index in [-0.39, 0.29) is 0 Å². The van der Waals surface area contributed by atoms with Crippen LogP contribution in [0.3, 0.4) is 0 Å². The zero-order chi connectivity index (χ0) is 17.7. The van der Waals surface area contributed by atoms with Crippen molar-refractivity contribution in [2.45, 2.75) is 43.6 Å². The first-order valence-electron chi connectivity index (χ1n) is 9.78. The van der Waals surface area contributed by atoms with Crippen molar-refractivity contribution in [1.82, 2.24) is 15.1 Å². The van der Waals surface area contributed by atoms with Gasteiger partial charge in [-0.15, -0.1) is 0 Å². The predicted molar refractivity (Wildman–Crippen MR) is 99.1 cm³/mol. The number of fused-ring (bicyclic) bond motifs is 1. The fraction of sp³-hybridized carbons (Fsp3) is 0.600. The van der Waals surface area contributed by atoms with E-state index in [1.54, 1.807) is 0 Å². The molecular weight excluding hydrogens is 328 g/mol. The predicted octanol–water partition coefficient (Wildman–Crippen LogP) is 2.41. The van der Waals surface area contributed by atoms with Gasteiger partial charge in [-0.05, 0) is 56.2 Å². The standard InChI is InChI=1S/C12H13N3O2.C8H13N/c13-12(16)11-9-2-1-7(5-10(9)14-15-11)8-3-4-17-6-8;1-3-8-4-6-9(8)5-2-7(1)8/h1-2,5,8H,3-4,6H2,(H2,13,16)(H,14,15);7H,1-6H2. The van der Waals surface area contributed by atoms with Gasteiger partial charge in [0.05, 0.1) is 12.1 Å². The van der Waals surface area contributed by atoms with Crippen LogP contribution >= 0.6 is 0 Å². The molecule has 4 aliphatic rings. The number of nitrogens with two attached hydrogens (primary N) is 1. The number of hydrogen-bond donors (Lipinski definition) is 2. The second kappa shape index (κ2) is 6.06. The number of nitrogens with one attached hydrogen (secondary N) is 1. The van der Waals surface area contributed by atoms with Crippen LogP contribution < -0.4 is 5.73 Å². The van der Waals surface area contributed by atoms with E-state index < -0.39 is 5.91 Å². The van der Waals surface area contributed by atoms with Crippen LogP contribution in [-0.2, 0) is 4.74 Å². The van der Waals surface area contributed by atoms with Gasteiger partial charge in [0.15, 0.2) is 5.69 Å². The summed E-state index contributed by atoms with van der Waals surface area (Å²) in [5, 5.41) is 7.55. The number of ether oxygens (including phenoxy) is 1. The minimum Gasteiger partial charge on any atom is -0.381 e. The number of aromatic nitrogens is 2. The molecule has 1 aromatic heterocycles. The zero-order valence-corrected chi connectivity index (χ0v) is 15.0. The molecule has 0 radical (unpaired) electrons. The van der Waals surface area contributed by atoms with Crippen LogP contribution in [0.15, 0.2) is 18.2 Å². The maximum absolute atomic E-state index is 11.1. The number of carbonyl (C=O) groups excluding carboxylic acids is 1. The fourth-order valence-electron chi connectivity index (χ4n) is 5.32. The molecule has 3 saturated heterocycles. The highest BCUT2D eigenvalue weighted by Crippen LogP contribution is 2.57. The second-order valence-corrected chi connectivity index (χ2v) is 8.17. The molecule has 4 heterocycles. The molecule has 138 valence electrons. The van der Waals surface area contributed by atoms with Crippen molar-refractivity contribution in [2.24, 2.45) is 11.7 Å². The maximum Gasteiger partial charge on any atom is 0.269 e. The quantitative estimate of drug-likeness (QED) is 0.867. The zero-order valence-electron chi connectivity index (χ0n) is 15.0. The molecule has 4 fully saturated rings. The van der Waals surface area contributed by atoms with Crippen LogP contribution in [0.4, 0.5) is 0 Å². The van der Waals surface area contributed by atoms with Crippen molar-refractivity contribution in [2.75, 3.05) is 26.3 Å². The van der Waals surface area contributed by atoms with Crippen molar-refractivity contribution < 1.29 is 9.53 Å². The maximum atomic E-state index is 11.1. The molecule has 2 aromatic rings. The summed E-state index contributed by atoms with van der Waals surface area (Å²) in [6.07, 6.45) is 7.15. The molecule has 1 spiro atoms. The summed E-state index contributed by atoms with van der Waals surface area (Å²) in [6, 6.07) is 5.93. The van der Waals surface area contributed by atoms with Crippen molar-refractivity contribution in [3.63, 3.8) is 0 Å². The van der Waals surface area contributed by atoms with Gasteiger partial charge in [0.1, 0.15) is 0 Å². The van der Waals surface area contributed by atoms with Gasteiger partial charge in [0.2, 0.25) is 0 Å². The Labute approximate surface area is 153 Å². The summed E-state index contributed by atoms with van der Waals surface area (Å²) in [5.74, 6) is 1.07. The van der Waals surface area contributed by atoms with Gasteiger partial charge < -0.3 is 10.5 Å². The molecule has 6 rings (SSSR count). The van der Waals surface area contributed by atoms with Gasteiger partial charge in [-0.1, -0.05) is 12.1 Å². The average Bonchev–Trinajstić information content (AvgIpc) is 3.28. The Balaban J connectivity index is 0.000000138. The van der Waals surface area contributed by atoms with Crippen molar-refractivity contribution >= 4 is 16.8 Å². The Morgan fingerprint density at radius 2 is 2.19 bits per heavy atom. The monoisotopic (exact) mass is 354 g/mol. The molecule has 1 amide bonds. The van der Waals surface area contributed by atoms with E-state index in [9.17, 15) is 4.79 Å². The second-order valence-electron chi connectivity index (χ2n) is 8.17. The topological polar surface area (TPSA) is 84.2 Å². The summed E-state index contributed by atoms with van der Waals surface area (Å²) >= 11 is 0. The highest BCUT2D eigenvalue weighted by atomic mass is 16.5. The molecular formula is C20H26N4O2. The molecule has 3 unspecified atom stereocenters. The number of H-pyrrole nitrogens is 1. The van der Waals surface area contributed by atoms with E-state index in [2.05, 4.69) is 15.1 Å². The third-order valence-corrected chi connectivity index (χ3v) is 7.10. The largest absolute Gasteiger partial charge is 0.381 e. The summed E-state index contributed by atoms with van der Waals surface area (Å²) in [7, 11) is 0. The Bertz CT molecular complexity index is 821. The van der Waals surface area contributed by atoms with Crippen LogP contribution in [0.5, 0.6) is 0 Å². The molecule has 1 aliphatic carbocycles. The summed E-state index contributed by atoms with van der Waals surface area (Å²) in [5.41, 5.74) is 8.42. The van der Waals surface area contributed by atoms with Gasteiger partial charge in [0.25, 0.3) is 5.91 Å². The number of carbonyl (C=O) groups is 1. The fourth-order valence-corrected chi connectivity index (χ4v) is 5.32. The Kier molecular flexibility index (Phi) is 3.79. The number of primary amides is 1. The highest BCUT2D eigenvalue weighted by Gasteiger charge is 2.59. The molecule has 1 saturated carbocycles. The van der Waals surface area contributed by atoms with E-state index in [4.69, 9.17) is 10.5 Å². The van der Waals surface area contributed by atoms with Crippen molar-refractivity contribution in [3.05, 3.63) is 29.5 Å². The Hall–Kier alpha value is -1.92. The first-order chi connectivity index (χ1) is 12.7. The first kappa shape index (κ1) is 16.3. The molecule has 0 bridgehead atoms. The summed E-state index contributed by atoms with van der Waals surface area (Å²) in [6.45, 7) is 4.42. The van der Waals surface area contributed by atoms with Gasteiger partial charge in [-0.3, -0.25) is 14.8 Å². The van der Waals surface area contributed by atoms with E-state index in [1.807, 2.05) is 18.2 Å². The average molecular weight is 354 g/mol. The van der Waals surface area contributed by atoms with Crippen LogP contribution in [0.25, 0.3) is 10.9 Å². The SMILES string of the molecule is C1CN2CCC23CCC13.NC(=O)c1n[nH]c2cc(C3CCOC3)ccc12. The minimum absolute atomic E-state index is 0.300. The first-order valence-corrected chi connectivity index (χ1v) is 9.78. The molecule has 3 atom stereocenters. The van der Waals surface area contributed by atoms with Gasteiger partial charge >= 0.3 is 0 Å². The molecule has 6 heteroatoms. The Morgan fingerprint density at radius 1 is 1.27 bits per heavy atom. The third kappa shape index (κ3) is 2.39. The van der Waals surface area contributed by atoms with Crippen LogP contribution in [0.1, 0.15) is 54.1 Å². The minimum atomic E-state index is -0.506. The third-order valence-electron chi connectivity index (χ3n) is 7.10. The number of nitrogens with zero attached hydrogens (tertiary/aromatic N) is 2. The molecule has 3 aliphatic heterocycles. The van der Waals surface area contributed by atoms with Crippen molar-refractivity contribution in [1.29, 1.82) is 0 Å². The molecule has 26 heavy (non-hydrogen) atoms. The number of benzene rings is 1. The van der Waals surface area contributed by atoms with E-state index >= 15 is 0 Å². The van der Waals surface area contributed by atoms with Crippen LogP contribution in [0.2, 0.25) is 0 Å². The van der Waals surface area contributed by atoms with E-state index in [0.29, 0.717) is 11.6 Å².